The summed E-state index contributed by atoms with van der Waals surface area (Å²) in [5.74, 6) is 1.25. The predicted molar refractivity (Wildman–Crippen MR) is 103 cm³/mol. The summed E-state index contributed by atoms with van der Waals surface area (Å²) in [6.07, 6.45) is 3.67. The Bertz CT molecular complexity index is 946. The van der Waals surface area contributed by atoms with Gasteiger partial charge in [0.1, 0.15) is 17.4 Å². The monoisotopic (exact) mass is 374 g/mol. The standard InChI is InChI=1S/C19H22N4O2.ClH/c1-12-5-4-6-14-13(2)17(25-16(12)14)19(24)23-10-7-20-11-15(23)18-21-8-9-22(18)3;/h4-6,8-9,15,20H,7,10-11H2,1-3H3;1H. The number of nitrogens with one attached hydrogen (secondary N) is 1. The molecule has 1 atom stereocenters. The molecule has 1 unspecified atom stereocenters. The Hall–Kier alpha value is -2.31. The van der Waals surface area contributed by atoms with Crippen molar-refractivity contribution in [3.8, 4) is 0 Å². The summed E-state index contributed by atoms with van der Waals surface area (Å²) >= 11 is 0. The zero-order chi connectivity index (χ0) is 17.6. The van der Waals surface area contributed by atoms with E-state index in [9.17, 15) is 4.79 Å². The third kappa shape index (κ3) is 2.89. The van der Waals surface area contributed by atoms with E-state index in [4.69, 9.17) is 4.42 Å². The highest BCUT2D eigenvalue weighted by Crippen LogP contribution is 2.30. The molecule has 0 radical (unpaired) electrons. The zero-order valence-corrected chi connectivity index (χ0v) is 16.0. The van der Waals surface area contributed by atoms with Gasteiger partial charge in [0.15, 0.2) is 5.76 Å². The summed E-state index contributed by atoms with van der Waals surface area (Å²) in [4.78, 5) is 19.6. The van der Waals surface area contributed by atoms with Crippen LogP contribution in [0.4, 0.5) is 0 Å². The molecule has 3 aromatic rings. The summed E-state index contributed by atoms with van der Waals surface area (Å²) in [7, 11) is 1.95. The first-order valence-corrected chi connectivity index (χ1v) is 8.55. The van der Waals surface area contributed by atoms with E-state index < -0.39 is 0 Å². The molecule has 26 heavy (non-hydrogen) atoms. The Morgan fingerprint density at radius 3 is 2.85 bits per heavy atom. The maximum atomic E-state index is 13.3. The Labute approximate surface area is 158 Å². The van der Waals surface area contributed by atoms with E-state index in [1.54, 1.807) is 6.20 Å². The molecule has 138 valence electrons. The number of amides is 1. The minimum absolute atomic E-state index is 0. The van der Waals surface area contributed by atoms with Crippen molar-refractivity contribution in [2.24, 2.45) is 7.05 Å². The number of furan rings is 1. The van der Waals surface area contributed by atoms with Gasteiger partial charge < -0.3 is 19.2 Å². The van der Waals surface area contributed by atoms with Gasteiger partial charge in [0.25, 0.3) is 5.91 Å². The lowest BCUT2D eigenvalue weighted by Crippen LogP contribution is -2.49. The number of imidazole rings is 1. The van der Waals surface area contributed by atoms with Gasteiger partial charge in [0, 0.05) is 50.0 Å². The highest BCUT2D eigenvalue weighted by Gasteiger charge is 2.33. The van der Waals surface area contributed by atoms with Crippen LogP contribution in [0.5, 0.6) is 0 Å². The molecule has 1 aliphatic heterocycles. The number of benzene rings is 1. The van der Waals surface area contributed by atoms with Gasteiger partial charge in [-0.15, -0.1) is 12.4 Å². The number of carbonyl (C=O) groups excluding carboxylic acids is 1. The average Bonchev–Trinajstić information content (AvgIpc) is 3.19. The molecule has 0 saturated carbocycles. The van der Waals surface area contributed by atoms with Crippen LogP contribution in [0.3, 0.4) is 0 Å². The maximum absolute atomic E-state index is 13.3. The molecule has 6 nitrogen and oxygen atoms in total. The summed E-state index contributed by atoms with van der Waals surface area (Å²) in [6.45, 7) is 6.04. The molecule has 3 heterocycles. The maximum Gasteiger partial charge on any atom is 0.290 e. The van der Waals surface area contributed by atoms with Crippen molar-refractivity contribution < 1.29 is 9.21 Å². The van der Waals surface area contributed by atoms with Crippen LogP contribution in [-0.4, -0.2) is 40.0 Å². The summed E-state index contributed by atoms with van der Waals surface area (Å²) < 4.78 is 7.97. The van der Waals surface area contributed by atoms with Crippen LogP contribution in [0, 0.1) is 13.8 Å². The molecule has 1 aromatic carbocycles. The van der Waals surface area contributed by atoms with Gasteiger partial charge >= 0.3 is 0 Å². The lowest BCUT2D eigenvalue weighted by atomic mass is 10.1. The third-order valence-electron chi connectivity index (χ3n) is 5.02. The Morgan fingerprint density at radius 1 is 1.35 bits per heavy atom. The van der Waals surface area contributed by atoms with Gasteiger partial charge in [0.05, 0.1) is 0 Å². The van der Waals surface area contributed by atoms with E-state index in [1.807, 2.05) is 54.8 Å². The van der Waals surface area contributed by atoms with Gasteiger partial charge in [-0.25, -0.2) is 4.98 Å². The van der Waals surface area contributed by atoms with Crippen LogP contribution < -0.4 is 5.32 Å². The fourth-order valence-corrected chi connectivity index (χ4v) is 3.59. The quantitative estimate of drug-likeness (QED) is 0.749. The molecule has 0 bridgehead atoms. The van der Waals surface area contributed by atoms with Crippen molar-refractivity contribution in [2.45, 2.75) is 19.9 Å². The van der Waals surface area contributed by atoms with Crippen LogP contribution in [0.25, 0.3) is 11.0 Å². The Morgan fingerprint density at radius 2 is 2.15 bits per heavy atom. The fourth-order valence-electron chi connectivity index (χ4n) is 3.59. The van der Waals surface area contributed by atoms with E-state index in [0.717, 1.165) is 34.5 Å². The summed E-state index contributed by atoms with van der Waals surface area (Å²) in [5.41, 5.74) is 2.74. The number of nitrogens with zero attached hydrogens (tertiary/aromatic N) is 3. The fraction of sp³-hybridized carbons (Fsp3) is 0.368. The van der Waals surface area contributed by atoms with Crippen LogP contribution in [-0.2, 0) is 7.05 Å². The van der Waals surface area contributed by atoms with E-state index in [0.29, 0.717) is 18.8 Å². The Balaban J connectivity index is 0.00000196. The van der Waals surface area contributed by atoms with Gasteiger partial charge in [0.2, 0.25) is 0 Å². The largest absolute Gasteiger partial charge is 0.450 e. The number of aryl methyl sites for hydroxylation is 3. The number of para-hydroxylation sites is 1. The first-order valence-electron chi connectivity index (χ1n) is 8.55. The lowest BCUT2D eigenvalue weighted by Gasteiger charge is -2.35. The average molecular weight is 375 g/mol. The molecule has 0 spiro atoms. The SMILES string of the molecule is Cc1c(C(=O)N2CCNCC2c2nccn2C)oc2c(C)cccc12.Cl. The number of hydrogen-bond donors (Lipinski definition) is 1. The van der Waals surface area contributed by atoms with Crippen molar-refractivity contribution in [1.82, 2.24) is 19.8 Å². The van der Waals surface area contributed by atoms with Gasteiger partial charge in [-0.1, -0.05) is 18.2 Å². The van der Waals surface area contributed by atoms with Crippen molar-refractivity contribution in [3.63, 3.8) is 0 Å². The lowest BCUT2D eigenvalue weighted by molar-refractivity contribution is 0.0589. The minimum Gasteiger partial charge on any atom is -0.450 e. The molecular formula is C19H23ClN4O2. The van der Waals surface area contributed by atoms with Crippen molar-refractivity contribution in [3.05, 3.63) is 53.3 Å². The highest BCUT2D eigenvalue weighted by molar-refractivity contribution is 5.99. The number of carbonyl (C=O) groups is 1. The van der Waals surface area contributed by atoms with Gasteiger partial charge in [-0.05, 0) is 19.4 Å². The molecule has 0 aliphatic carbocycles. The molecular weight excluding hydrogens is 352 g/mol. The van der Waals surface area contributed by atoms with E-state index >= 15 is 0 Å². The number of hydrogen-bond acceptors (Lipinski definition) is 4. The van der Waals surface area contributed by atoms with Crippen molar-refractivity contribution in [2.75, 3.05) is 19.6 Å². The van der Waals surface area contributed by atoms with Crippen molar-refractivity contribution >= 4 is 29.3 Å². The third-order valence-corrected chi connectivity index (χ3v) is 5.02. The van der Waals surface area contributed by atoms with Crippen LogP contribution >= 0.6 is 12.4 Å². The molecule has 4 rings (SSSR count). The van der Waals surface area contributed by atoms with E-state index in [1.165, 1.54) is 0 Å². The number of halogens is 1. The first kappa shape index (κ1) is 18.5. The highest BCUT2D eigenvalue weighted by atomic mass is 35.5. The molecule has 7 heteroatoms. The minimum atomic E-state index is -0.102. The number of rotatable bonds is 2. The van der Waals surface area contributed by atoms with E-state index in [2.05, 4.69) is 10.3 Å². The van der Waals surface area contributed by atoms with Crippen molar-refractivity contribution in [1.29, 1.82) is 0 Å². The normalized spacial score (nSPS) is 17.3. The summed E-state index contributed by atoms with van der Waals surface area (Å²) in [5, 5.41) is 4.37. The second kappa shape index (κ2) is 7.13. The Kier molecular flexibility index (Phi) is 5.07. The van der Waals surface area contributed by atoms with Gasteiger partial charge in [-0.3, -0.25) is 4.79 Å². The summed E-state index contributed by atoms with van der Waals surface area (Å²) in [6, 6.07) is 5.90. The molecule has 1 aliphatic rings. The number of aromatic nitrogens is 2. The molecule has 1 N–H and O–H groups in total. The van der Waals surface area contributed by atoms with Gasteiger partial charge in [-0.2, -0.15) is 0 Å². The second-order valence-electron chi connectivity index (χ2n) is 6.62. The molecule has 1 fully saturated rings. The molecule has 1 saturated heterocycles. The molecule has 1 amide bonds. The smallest absolute Gasteiger partial charge is 0.290 e. The predicted octanol–water partition coefficient (Wildman–Crippen LogP) is 2.99. The van der Waals surface area contributed by atoms with Crippen LogP contribution in [0.1, 0.15) is 33.5 Å². The van der Waals surface area contributed by atoms with E-state index in [-0.39, 0.29) is 24.4 Å². The number of fused-ring (bicyclic) bond motifs is 1. The first-order chi connectivity index (χ1) is 12.1. The van der Waals surface area contributed by atoms with Crippen LogP contribution in [0.15, 0.2) is 35.0 Å². The second-order valence-corrected chi connectivity index (χ2v) is 6.62. The number of piperazine rings is 1. The van der Waals surface area contributed by atoms with Crippen LogP contribution in [0.2, 0.25) is 0 Å². The molecule has 2 aromatic heterocycles. The topological polar surface area (TPSA) is 63.3 Å². The zero-order valence-electron chi connectivity index (χ0n) is 15.2.